The number of carbonyl (C=O) groups excluding carboxylic acids is 1. The smallest absolute Gasteiger partial charge is 0.145 e. The molecule has 0 spiro atoms. The third kappa shape index (κ3) is 5.95. The fourth-order valence-electron chi connectivity index (χ4n) is 1.40. The largest absolute Gasteiger partial charge is 0.298 e. The molecule has 0 radical (unpaired) electrons. The van der Waals surface area contributed by atoms with Gasteiger partial charge in [-0.2, -0.15) is 0 Å². The summed E-state index contributed by atoms with van der Waals surface area (Å²) < 4.78 is 0. The number of rotatable bonds is 7. The molecule has 0 aliphatic heterocycles. The lowest BCUT2D eigenvalue weighted by molar-refractivity contribution is -0.105. The van der Waals surface area contributed by atoms with Gasteiger partial charge in [0.15, 0.2) is 0 Å². The molecule has 0 heterocycles. The highest BCUT2D eigenvalue weighted by Gasteiger charge is 2.04. The third-order valence-corrected chi connectivity index (χ3v) is 2.68. The summed E-state index contributed by atoms with van der Waals surface area (Å²) in [6.45, 7) is 8.71. The number of allylic oxidation sites excluding steroid dienone is 2. The number of carbonyl (C=O) groups is 1. The molecule has 1 nitrogen and oxygen atoms in total. The van der Waals surface area contributed by atoms with Crippen LogP contribution in [0.1, 0.15) is 53.4 Å². The summed E-state index contributed by atoms with van der Waals surface area (Å²) in [5.74, 6) is 1.19. The molecule has 0 N–H and O–H groups in total. The average molecular weight is 196 g/mol. The van der Waals surface area contributed by atoms with E-state index in [1.165, 1.54) is 12.8 Å². The minimum atomic E-state index is 0.423. The maximum Gasteiger partial charge on any atom is 0.145 e. The Balaban J connectivity index is 3.87. The van der Waals surface area contributed by atoms with E-state index in [2.05, 4.69) is 33.8 Å². The van der Waals surface area contributed by atoms with Gasteiger partial charge in [-0.05, 0) is 36.7 Å². The highest BCUT2D eigenvalue weighted by molar-refractivity contribution is 5.73. The first-order valence-corrected chi connectivity index (χ1v) is 5.77. The van der Waals surface area contributed by atoms with Crippen molar-refractivity contribution in [2.24, 2.45) is 11.8 Å². The van der Waals surface area contributed by atoms with Crippen LogP contribution in [0.2, 0.25) is 0 Å². The molecule has 0 fully saturated rings. The highest BCUT2D eigenvalue weighted by atomic mass is 16.1. The van der Waals surface area contributed by atoms with E-state index in [0.717, 1.165) is 30.6 Å². The molecule has 0 saturated carbocycles. The molecule has 1 unspecified atom stereocenters. The summed E-state index contributed by atoms with van der Waals surface area (Å²) in [5.41, 5.74) is 0.983. The van der Waals surface area contributed by atoms with Gasteiger partial charge in [0.1, 0.15) is 6.29 Å². The van der Waals surface area contributed by atoms with Gasteiger partial charge in [0.25, 0.3) is 0 Å². The maximum absolute atomic E-state index is 10.8. The van der Waals surface area contributed by atoms with Crippen LogP contribution in [-0.2, 0) is 4.79 Å². The normalized spacial score (nSPS) is 14.5. The standard InChI is InChI=1S/C13H24O/c1-5-12(4)13(10-14)9-7-6-8-11(2)3/h9-12H,5-8H2,1-4H3/b13-9+. The first kappa shape index (κ1) is 13.4. The second kappa shape index (κ2) is 7.78. The topological polar surface area (TPSA) is 17.1 Å². The van der Waals surface area contributed by atoms with Crippen LogP contribution in [0.3, 0.4) is 0 Å². The zero-order valence-corrected chi connectivity index (χ0v) is 10.0. The van der Waals surface area contributed by atoms with Crippen molar-refractivity contribution in [2.75, 3.05) is 0 Å². The molecule has 0 aromatic rings. The van der Waals surface area contributed by atoms with Crippen molar-refractivity contribution in [3.05, 3.63) is 11.6 Å². The van der Waals surface area contributed by atoms with Crippen molar-refractivity contribution in [2.45, 2.75) is 53.4 Å². The van der Waals surface area contributed by atoms with E-state index in [1.807, 2.05) is 0 Å². The highest BCUT2D eigenvalue weighted by Crippen LogP contribution is 2.14. The van der Waals surface area contributed by atoms with Gasteiger partial charge in [-0.15, -0.1) is 0 Å². The van der Waals surface area contributed by atoms with Crippen LogP contribution in [0.5, 0.6) is 0 Å². The number of aldehydes is 1. The fourth-order valence-corrected chi connectivity index (χ4v) is 1.40. The zero-order valence-electron chi connectivity index (χ0n) is 10.0. The maximum atomic E-state index is 10.8. The van der Waals surface area contributed by atoms with E-state index >= 15 is 0 Å². The van der Waals surface area contributed by atoms with E-state index in [-0.39, 0.29) is 0 Å². The quantitative estimate of drug-likeness (QED) is 0.342. The van der Waals surface area contributed by atoms with Crippen LogP contribution in [0.15, 0.2) is 11.6 Å². The van der Waals surface area contributed by atoms with Gasteiger partial charge < -0.3 is 0 Å². The van der Waals surface area contributed by atoms with E-state index in [0.29, 0.717) is 5.92 Å². The molecule has 82 valence electrons. The van der Waals surface area contributed by atoms with E-state index in [1.54, 1.807) is 0 Å². The number of hydrogen-bond acceptors (Lipinski definition) is 1. The van der Waals surface area contributed by atoms with E-state index < -0.39 is 0 Å². The minimum absolute atomic E-state index is 0.423. The number of unbranched alkanes of at least 4 members (excludes halogenated alkanes) is 1. The van der Waals surface area contributed by atoms with Crippen molar-refractivity contribution in [1.29, 1.82) is 0 Å². The van der Waals surface area contributed by atoms with Gasteiger partial charge in [-0.3, -0.25) is 4.79 Å². The monoisotopic (exact) mass is 196 g/mol. The van der Waals surface area contributed by atoms with Gasteiger partial charge in [-0.25, -0.2) is 0 Å². The molecule has 1 atom stereocenters. The van der Waals surface area contributed by atoms with Crippen molar-refractivity contribution >= 4 is 6.29 Å². The molecule has 0 bridgehead atoms. The zero-order chi connectivity index (χ0) is 11.0. The van der Waals surface area contributed by atoms with Crippen LogP contribution in [0.4, 0.5) is 0 Å². The van der Waals surface area contributed by atoms with Gasteiger partial charge in [0, 0.05) is 0 Å². The van der Waals surface area contributed by atoms with E-state index in [4.69, 9.17) is 0 Å². The van der Waals surface area contributed by atoms with Crippen LogP contribution in [-0.4, -0.2) is 6.29 Å². The van der Waals surface area contributed by atoms with E-state index in [9.17, 15) is 4.79 Å². The molecule has 0 amide bonds. The first-order chi connectivity index (χ1) is 6.61. The van der Waals surface area contributed by atoms with Crippen LogP contribution >= 0.6 is 0 Å². The minimum Gasteiger partial charge on any atom is -0.298 e. The van der Waals surface area contributed by atoms with Crippen molar-refractivity contribution in [3.63, 3.8) is 0 Å². The molecular weight excluding hydrogens is 172 g/mol. The molecule has 0 aliphatic carbocycles. The van der Waals surface area contributed by atoms with Crippen LogP contribution < -0.4 is 0 Å². The lowest BCUT2D eigenvalue weighted by Crippen LogP contribution is -1.99. The third-order valence-electron chi connectivity index (χ3n) is 2.68. The van der Waals surface area contributed by atoms with Crippen LogP contribution in [0.25, 0.3) is 0 Å². The Labute approximate surface area is 88.6 Å². The summed E-state index contributed by atoms with van der Waals surface area (Å²) in [7, 11) is 0. The summed E-state index contributed by atoms with van der Waals surface area (Å²) in [5, 5.41) is 0. The van der Waals surface area contributed by atoms with Gasteiger partial charge in [-0.1, -0.05) is 40.2 Å². The first-order valence-electron chi connectivity index (χ1n) is 5.77. The molecule has 0 aromatic heterocycles. The van der Waals surface area contributed by atoms with Crippen molar-refractivity contribution in [3.8, 4) is 0 Å². The molecular formula is C13H24O. The lowest BCUT2D eigenvalue weighted by atomic mass is 9.97. The Morgan fingerprint density at radius 1 is 1.29 bits per heavy atom. The Hall–Kier alpha value is -0.590. The summed E-state index contributed by atoms with van der Waals surface area (Å²) in [4.78, 5) is 10.8. The fraction of sp³-hybridized carbons (Fsp3) is 0.769. The molecule has 0 rings (SSSR count). The molecule has 0 aliphatic rings. The Morgan fingerprint density at radius 2 is 1.93 bits per heavy atom. The second-order valence-electron chi connectivity index (χ2n) is 4.46. The predicted octanol–water partition coefficient (Wildman–Crippen LogP) is 3.98. The molecule has 1 heteroatoms. The van der Waals surface area contributed by atoms with Gasteiger partial charge >= 0.3 is 0 Å². The van der Waals surface area contributed by atoms with Gasteiger partial charge in [0.2, 0.25) is 0 Å². The summed E-state index contributed by atoms with van der Waals surface area (Å²) in [6.07, 6.45) is 7.69. The lowest BCUT2D eigenvalue weighted by Gasteiger charge is -2.07. The summed E-state index contributed by atoms with van der Waals surface area (Å²) in [6, 6.07) is 0. The Morgan fingerprint density at radius 3 is 2.36 bits per heavy atom. The number of hydrogen-bond donors (Lipinski definition) is 0. The molecule has 0 saturated heterocycles. The second-order valence-corrected chi connectivity index (χ2v) is 4.46. The van der Waals surface area contributed by atoms with Crippen LogP contribution in [0, 0.1) is 11.8 Å². The Bertz CT molecular complexity index is 180. The molecule has 0 aromatic carbocycles. The van der Waals surface area contributed by atoms with Gasteiger partial charge in [0.05, 0.1) is 0 Å². The molecule has 14 heavy (non-hydrogen) atoms. The SMILES string of the molecule is CCC(C)/C(C=O)=C/CCCC(C)C. The Kier molecular flexibility index (Phi) is 7.45. The average Bonchev–Trinajstić information content (AvgIpc) is 2.16. The van der Waals surface area contributed by atoms with Crippen molar-refractivity contribution in [1.82, 2.24) is 0 Å². The van der Waals surface area contributed by atoms with Crippen molar-refractivity contribution < 1.29 is 4.79 Å². The predicted molar refractivity (Wildman–Crippen MR) is 62.3 cm³/mol. The summed E-state index contributed by atoms with van der Waals surface area (Å²) >= 11 is 0.